The van der Waals surface area contributed by atoms with E-state index in [1.54, 1.807) is 0 Å². The minimum Gasteiger partial charge on any atom is -0.480 e. The zero-order chi connectivity index (χ0) is 15.6. The van der Waals surface area contributed by atoms with Crippen LogP contribution in [0.2, 0.25) is 0 Å². The number of aliphatic carboxylic acids is 1. The van der Waals surface area contributed by atoms with Gasteiger partial charge in [-0.25, -0.2) is 9.59 Å². The van der Waals surface area contributed by atoms with E-state index in [0.717, 1.165) is 24.8 Å². The fraction of sp³-hybridized carbons (Fsp3) is 0.529. The summed E-state index contributed by atoms with van der Waals surface area (Å²) in [7, 11) is 0. The van der Waals surface area contributed by atoms with Crippen molar-refractivity contribution in [3.05, 3.63) is 35.9 Å². The summed E-state index contributed by atoms with van der Waals surface area (Å²) in [5, 5.41) is 12.3. The summed E-state index contributed by atoms with van der Waals surface area (Å²) in [4.78, 5) is 23.8. The maximum absolute atomic E-state index is 12.0. The second-order valence-corrected chi connectivity index (χ2v) is 6.53. The summed E-state index contributed by atoms with van der Waals surface area (Å²) in [6.07, 6.45) is 3.61. The summed E-state index contributed by atoms with van der Waals surface area (Å²) in [5.74, 6) is -0.130. The summed E-state index contributed by atoms with van der Waals surface area (Å²) in [6, 6.07) is 9.35. The second-order valence-electron chi connectivity index (χ2n) is 6.53. The molecule has 22 heavy (non-hydrogen) atoms. The van der Waals surface area contributed by atoms with Gasteiger partial charge >= 0.3 is 12.1 Å². The molecule has 2 aliphatic rings. The predicted octanol–water partition coefficient (Wildman–Crippen LogP) is 2.95. The SMILES string of the molecule is O=C(NC1(C(=O)O)CC2CCC(C2)C1)OCc1ccccc1. The van der Waals surface area contributed by atoms with E-state index >= 15 is 0 Å². The maximum Gasteiger partial charge on any atom is 0.408 e. The van der Waals surface area contributed by atoms with Crippen LogP contribution < -0.4 is 5.32 Å². The molecule has 2 fully saturated rings. The molecule has 5 heteroatoms. The number of carboxylic acids is 1. The molecule has 1 aromatic rings. The topological polar surface area (TPSA) is 75.6 Å². The maximum atomic E-state index is 12.0. The average molecular weight is 303 g/mol. The number of benzene rings is 1. The number of nitrogens with one attached hydrogen (secondary N) is 1. The van der Waals surface area contributed by atoms with Crippen LogP contribution in [0.4, 0.5) is 4.79 Å². The zero-order valence-electron chi connectivity index (χ0n) is 12.5. The number of amides is 1. The van der Waals surface area contributed by atoms with E-state index in [0.29, 0.717) is 24.7 Å². The van der Waals surface area contributed by atoms with Gasteiger partial charge in [0.1, 0.15) is 12.1 Å². The normalized spacial score (nSPS) is 29.8. The molecule has 2 atom stereocenters. The van der Waals surface area contributed by atoms with Crippen molar-refractivity contribution in [3.8, 4) is 0 Å². The van der Waals surface area contributed by atoms with Gasteiger partial charge in [0.05, 0.1) is 0 Å². The van der Waals surface area contributed by atoms with Gasteiger partial charge in [0.2, 0.25) is 0 Å². The van der Waals surface area contributed by atoms with E-state index in [1.165, 1.54) is 0 Å². The minimum atomic E-state index is -1.15. The molecule has 1 amide bonds. The average Bonchev–Trinajstić information content (AvgIpc) is 2.85. The quantitative estimate of drug-likeness (QED) is 0.896. The lowest BCUT2D eigenvalue weighted by atomic mass is 9.75. The van der Waals surface area contributed by atoms with Crippen molar-refractivity contribution in [2.45, 2.75) is 44.2 Å². The molecule has 0 saturated heterocycles. The van der Waals surface area contributed by atoms with Gasteiger partial charge in [0.15, 0.2) is 0 Å². The van der Waals surface area contributed by atoms with Gasteiger partial charge in [-0.2, -0.15) is 0 Å². The van der Waals surface area contributed by atoms with Crippen LogP contribution in [0, 0.1) is 11.8 Å². The molecule has 0 aliphatic heterocycles. The molecule has 1 aromatic carbocycles. The van der Waals surface area contributed by atoms with Gasteiger partial charge in [0.25, 0.3) is 0 Å². The molecule has 118 valence electrons. The molecular weight excluding hydrogens is 282 g/mol. The fourth-order valence-electron chi connectivity index (χ4n) is 3.90. The summed E-state index contributed by atoms with van der Waals surface area (Å²) >= 11 is 0. The van der Waals surface area contributed by atoms with Gasteiger partial charge in [0, 0.05) is 0 Å². The van der Waals surface area contributed by atoms with E-state index < -0.39 is 17.6 Å². The van der Waals surface area contributed by atoms with Crippen molar-refractivity contribution in [2.24, 2.45) is 11.8 Å². The van der Waals surface area contributed by atoms with Gasteiger partial charge in [-0.15, -0.1) is 0 Å². The van der Waals surface area contributed by atoms with Crippen molar-refractivity contribution in [1.29, 1.82) is 0 Å². The van der Waals surface area contributed by atoms with Crippen molar-refractivity contribution in [3.63, 3.8) is 0 Å². The first-order valence-corrected chi connectivity index (χ1v) is 7.80. The number of fused-ring (bicyclic) bond motifs is 2. The van der Waals surface area contributed by atoms with Crippen LogP contribution in [0.15, 0.2) is 30.3 Å². The molecule has 2 N–H and O–H groups in total. The Bertz CT molecular complexity index is 545. The number of rotatable bonds is 4. The number of carboxylic acid groups (broad SMARTS) is 1. The van der Waals surface area contributed by atoms with E-state index in [-0.39, 0.29) is 6.61 Å². The Balaban J connectivity index is 1.62. The van der Waals surface area contributed by atoms with Crippen LogP contribution in [-0.2, 0) is 16.1 Å². The zero-order valence-corrected chi connectivity index (χ0v) is 12.5. The largest absolute Gasteiger partial charge is 0.480 e. The smallest absolute Gasteiger partial charge is 0.408 e. The van der Waals surface area contributed by atoms with E-state index in [2.05, 4.69) is 5.32 Å². The molecule has 2 unspecified atom stereocenters. The van der Waals surface area contributed by atoms with Gasteiger partial charge in [-0.3, -0.25) is 0 Å². The highest BCUT2D eigenvalue weighted by Gasteiger charge is 2.50. The molecular formula is C17H21NO4. The van der Waals surface area contributed by atoms with Crippen molar-refractivity contribution < 1.29 is 19.4 Å². The molecule has 2 bridgehead atoms. The third-order valence-electron chi connectivity index (χ3n) is 4.89. The Kier molecular flexibility index (Phi) is 4.05. The number of carbonyl (C=O) groups is 2. The van der Waals surface area contributed by atoms with Crippen LogP contribution in [0.1, 0.15) is 37.7 Å². The van der Waals surface area contributed by atoms with Crippen molar-refractivity contribution in [2.75, 3.05) is 0 Å². The van der Waals surface area contributed by atoms with E-state index in [4.69, 9.17) is 4.74 Å². The number of carbonyl (C=O) groups excluding carboxylic acids is 1. The fourth-order valence-corrected chi connectivity index (χ4v) is 3.90. The molecule has 0 radical (unpaired) electrons. The number of hydrogen-bond acceptors (Lipinski definition) is 3. The second kappa shape index (κ2) is 5.99. The molecule has 0 aromatic heterocycles. The van der Waals surface area contributed by atoms with Crippen LogP contribution in [-0.4, -0.2) is 22.7 Å². The minimum absolute atomic E-state index is 0.148. The first-order valence-electron chi connectivity index (χ1n) is 7.80. The standard InChI is InChI=1S/C17H21NO4/c19-15(20)17(9-13-6-7-14(8-13)10-17)18-16(21)22-11-12-4-2-1-3-5-12/h1-5,13-14H,6-11H2,(H,18,21)(H,19,20). The third-order valence-corrected chi connectivity index (χ3v) is 4.89. The first kappa shape index (κ1) is 14.9. The Labute approximate surface area is 129 Å². The molecule has 2 saturated carbocycles. The van der Waals surface area contributed by atoms with Crippen LogP contribution in [0.25, 0.3) is 0 Å². The highest BCUT2D eigenvalue weighted by Crippen LogP contribution is 2.46. The van der Waals surface area contributed by atoms with Gasteiger partial charge in [-0.1, -0.05) is 43.2 Å². The van der Waals surface area contributed by atoms with Crippen molar-refractivity contribution in [1.82, 2.24) is 5.32 Å². The Morgan fingerprint density at radius 3 is 2.41 bits per heavy atom. The summed E-state index contributed by atoms with van der Waals surface area (Å²) in [6.45, 7) is 0.148. The Morgan fingerprint density at radius 2 is 1.82 bits per heavy atom. The monoisotopic (exact) mass is 303 g/mol. The third kappa shape index (κ3) is 3.08. The van der Waals surface area contributed by atoms with Crippen LogP contribution in [0.5, 0.6) is 0 Å². The number of hydrogen-bond donors (Lipinski definition) is 2. The number of alkyl carbamates (subject to hydrolysis) is 1. The molecule has 5 nitrogen and oxygen atoms in total. The Morgan fingerprint density at radius 1 is 1.18 bits per heavy atom. The molecule has 0 heterocycles. The molecule has 2 aliphatic carbocycles. The van der Waals surface area contributed by atoms with E-state index in [9.17, 15) is 14.7 Å². The lowest BCUT2D eigenvalue weighted by molar-refractivity contribution is -0.147. The highest BCUT2D eigenvalue weighted by molar-refractivity contribution is 5.84. The Hall–Kier alpha value is -2.04. The lowest BCUT2D eigenvalue weighted by Gasteiger charge is -2.37. The first-order chi connectivity index (χ1) is 10.6. The van der Waals surface area contributed by atoms with Gasteiger partial charge < -0.3 is 15.2 Å². The predicted molar refractivity (Wildman–Crippen MR) is 80.2 cm³/mol. The highest BCUT2D eigenvalue weighted by atomic mass is 16.5. The van der Waals surface area contributed by atoms with Crippen LogP contribution in [0.3, 0.4) is 0 Å². The lowest BCUT2D eigenvalue weighted by Crippen LogP contribution is -2.57. The van der Waals surface area contributed by atoms with Gasteiger partial charge in [-0.05, 0) is 36.7 Å². The number of ether oxygens (including phenoxy) is 1. The summed E-state index contributed by atoms with van der Waals surface area (Å²) in [5.41, 5.74) is -0.275. The van der Waals surface area contributed by atoms with Crippen molar-refractivity contribution >= 4 is 12.1 Å². The molecule has 0 spiro atoms. The molecule has 3 rings (SSSR count). The van der Waals surface area contributed by atoms with Crippen LogP contribution >= 0.6 is 0 Å². The van der Waals surface area contributed by atoms with E-state index in [1.807, 2.05) is 30.3 Å². The summed E-state index contributed by atoms with van der Waals surface area (Å²) < 4.78 is 5.18.